The molecule has 1 unspecified atom stereocenters. The van der Waals surface area contributed by atoms with Crippen LogP contribution in [0.5, 0.6) is 0 Å². The van der Waals surface area contributed by atoms with Crippen molar-refractivity contribution in [2.45, 2.75) is 31.7 Å². The smallest absolute Gasteiger partial charge is 0.324 e. The number of hydrogen-bond acceptors (Lipinski definition) is 2. The summed E-state index contributed by atoms with van der Waals surface area (Å²) in [6.07, 6.45) is 2.11. The number of halogens is 2. The summed E-state index contributed by atoms with van der Waals surface area (Å²) in [6, 6.07) is 3.55. The highest BCUT2D eigenvalue weighted by Crippen LogP contribution is 2.26. The van der Waals surface area contributed by atoms with Crippen LogP contribution >= 0.6 is 0 Å². The van der Waals surface area contributed by atoms with Crippen molar-refractivity contribution < 1.29 is 18.7 Å². The van der Waals surface area contributed by atoms with Gasteiger partial charge in [0.25, 0.3) is 0 Å². The second kappa shape index (κ2) is 5.25. The Morgan fingerprint density at radius 1 is 1.32 bits per heavy atom. The molecule has 1 saturated heterocycles. The molecular weight excluding hydrogens is 252 g/mol. The molecule has 0 aromatic heterocycles. The maximum absolute atomic E-state index is 13.2. The van der Waals surface area contributed by atoms with Crippen molar-refractivity contribution >= 4 is 5.97 Å². The third-order valence-electron chi connectivity index (χ3n) is 3.80. The zero-order chi connectivity index (χ0) is 14.0. The van der Waals surface area contributed by atoms with Gasteiger partial charge in [-0.1, -0.05) is 6.07 Å². The van der Waals surface area contributed by atoms with Crippen LogP contribution < -0.4 is 0 Å². The second-order valence-electron chi connectivity index (χ2n) is 5.20. The fraction of sp³-hybridized carbons (Fsp3) is 0.500. The predicted molar refractivity (Wildman–Crippen MR) is 66.9 cm³/mol. The number of hydrogen-bond donors (Lipinski definition) is 1. The first kappa shape index (κ1) is 13.9. The highest BCUT2D eigenvalue weighted by Gasteiger charge is 2.40. The summed E-state index contributed by atoms with van der Waals surface area (Å²) in [5.41, 5.74) is -0.573. The molecule has 0 aliphatic carbocycles. The van der Waals surface area contributed by atoms with Crippen molar-refractivity contribution in [1.29, 1.82) is 0 Å². The number of rotatable bonds is 4. The molecule has 1 aliphatic rings. The number of carboxylic acid groups (broad SMARTS) is 1. The zero-order valence-corrected chi connectivity index (χ0v) is 10.8. The lowest BCUT2D eigenvalue weighted by atomic mass is 9.91. The fourth-order valence-corrected chi connectivity index (χ4v) is 2.58. The van der Waals surface area contributed by atoms with Gasteiger partial charge in [-0.05, 0) is 50.6 Å². The molecule has 0 radical (unpaired) electrons. The second-order valence-corrected chi connectivity index (χ2v) is 5.20. The number of nitrogens with zero attached hydrogens (tertiary/aromatic N) is 1. The van der Waals surface area contributed by atoms with E-state index >= 15 is 0 Å². The lowest BCUT2D eigenvalue weighted by Gasteiger charge is -2.35. The normalized spacial score (nSPS) is 19.3. The van der Waals surface area contributed by atoms with Crippen molar-refractivity contribution in [3.05, 3.63) is 35.4 Å². The van der Waals surface area contributed by atoms with Gasteiger partial charge in [0.2, 0.25) is 0 Å². The molecule has 0 spiro atoms. The van der Waals surface area contributed by atoms with Gasteiger partial charge < -0.3 is 5.11 Å². The Hall–Kier alpha value is -1.49. The first-order valence-electron chi connectivity index (χ1n) is 6.36. The average molecular weight is 269 g/mol. The van der Waals surface area contributed by atoms with Gasteiger partial charge >= 0.3 is 5.97 Å². The standard InChI is InChI=1S/C14H17F2NO2/c1-14(13(18)19,17-6-2-3-7-17)9-10-4-5-11(15)12(16)8-10/h4-5,8H,2-3,6-7,9H2,1H3,(H,18,19). The summed E-state index contributed by atoms with van der Waals surface area (Å²) in [5.74, 6) is -2.78. The van der Waals surface area contributed by atoms with E-state index in [4.69, 9.17) is 0 Å². The van der Waals surface area contributed by atoms with E-state index in [2.05, 4.69) is 0 Å². The van der Waals surface area contributed by atoms with E-state index in [1.807, 2.05) is 4.90 Å². The molecule has 0 amide bonds. The minimum absolute atomic E-state index is 0.166. The van der Waals surface area contributed by atoms with E-state index in [9.17, 15) is 18.7 Å². The van der Waals surface area contributed by atoms with Crippen LogP contribution in [0.15, 0.2) is 18.2 Å². The number of benzene rings is 1. The molecule has 1 N–H and O–H groups in total. The van der Waals surface area contributed by atoms with Crippen LogP contribution in [0, 0.1) is 11.6 Å². The van der Waals surface area contributed by atoms with Gasteiger partial charge in [-0.3, -0.25) is 9.69 Å². The Balaban J connectivity index is 2.25. The van der Waals surface area contributed by atoms with Crippen LogP contribution in [0.3, 0.4) is 0 Å². The number of carbonyl (C=O) groups is 1. The maximum atomic E-state index is 13.2. The topological polar surface area (TPSA) is 40.5 Å². The molecule has 1 aliphatic heterocycles. The van der Waals surface area contributed by atoms with Gasteiger partial charge in [0.1, 0.15) is 5.54 Å². The van der Waals surface area contributed by atoms with Crippen molar-refractivity contribution in [2.75, 3.05) is 13.1 Å². The number of likely N-dealkylation sites (tertiary alicyclic amines) is 1. The quantitative estimate of drug-likeness (QED) is 0.912. The highest BCUT2D eigenvalue weighted by atomic mass is 19.2. The molecule has 1 fully saturated rings. The molecule has 1 heterocycles. The van der Waals surface area contributed by atoms with Crippen molar-refractivity contribution in [3.8, 4) is 0 Å². The molecule has 0 bridgehead atoms. The van der Waals surface area contributed by atoms with Gasteiger partial charge in [0.15, 0.2) is 11.6 Å². The average Bonchev–Trinajstić information content (AvgIpc) is 2.87. The van der Waals surface area contributed by atoms with Crippen LogP contribution in [0.1, 0.15) is 25.3 Å². The lowest BCUT2D eigenvalue weighted by molar-refractivity contribution is -0.149. The Kier molecular flexibility index (Phi) is 3.85. The van der Waals surface area contributed by atoms with Gasteiger partial charge in [-0.25, -0.2) is 8.78 Å². The van der Waals surface area contributed by atoms with E-state index in [0.717, 1.165) is 38.1 Å². The SMILES string of the molecule is CC(Cc1ccc(F)c(F)c1)(C(=O)O)N1CCCC1. The third kappa shape index (κ3) is 2.76. The molecule has 19 heavy (non-hydrogen) atoms. The molecule has 1 atom stereocenters. The molecular formula is C14H17F2NO2. The van der Waals surface area contributed by atoms with Gasteiger partial charge in [-0.15, -0.1) is 0 Å². The van der Waals surface area contributed by atoms with Gasteiger partial charge in [-0.2, -0.15) is 0 Å². The fourth-order valence-electron chi connectivity index (χ4n) is 2.58. The molecule has 5 heteroatoms. The Morgan fingerprint density at radius 2 is 1.95 bits per heavy atom. The monoisotopic (exact) mass is 269 g/mol. The van der Waals surface area contributed by atoms with E-state index < -0.39 is 23.1 Å². The van der Waals surface area contributed by atoms with Crippen molar-refractivity contribution in [2.24, 2.45) is 0 Å². The molecule has 2 rings (SSSR count). The summed E-state index contributed by atoms with van der Waals surface area (Å²) in [5, 5.41) is 9.47. The molecule has 104 valence electrons. The number of aliphatic carboxylic acids is 1. The highest BCUT2D eigenvalue weighted by molar-refractivity contribution is 5.78. The van der Waals surface area contributed by atoms with E-state index in [1.165, 1.54) is 6.07 Å². The van der Waals surface area contributed by atoms with Crippen LogP contribution in [0.4, 0.5) is 8.78 Å². The van der Waals surface area contributed by atoms with Crippen LogP contribution in [-0.4, -0.2) is 34.6 Å². The first-order chi connectivity index (χ1) is 8.93. The number of carboxylic acids is 1. The molecule has 3 nitrogen and oxygen atoms in total. The summed E-state index contributed by atoms with van der Waals surface area (Å²) in [7, 11) is 0. The molecule has 0 saturated carbocycles. The summed E-state index contributed by atoms with van der Waals surface area (Å²) in [6.45, 7) is 3.10. The minimum atomic E-state index is -1.07. The van der Waals surface area contributed by atoms with Gasteiger partial charge in [0, 0.05) is 6.42 Å². The Morgan fingerprint density at radius 3 is 2.47 bits per heavy atom. The zero-order valence-electron chi connectivity index (χ0n) is 10.8. The lowest BCUT2D eigenvalue weighted by Crippen LogP contribution is -2.52. The Labute approximate surface area is 110 Å². The van der Waals surface area contributed by atoms with Crippen LogP contribution in [0.25, 0.3) is 0 Å². The third-order valence-corrected chi connectivity index (χ3v) is 3.80. The molecule has 1 aromatic carbocycles. The summed E-state index contributed by atoms with van der Waals surface area (Å²) < 4.78 is 26.1. The van der Waals surface area contributed by atoms with Crippen molar-refractivity contribution in [1.82, 2.24) is 4.90 Å². The maximum Gasteiger partial charge on any atom is 0.324 e. The first-order valence-corrected chi connectivity index (χ1v) is 6.36. The predicted octanol–water partition coefficient (Wildman–Crippen LogP) is 2.45. The summed E-state index contributed by atoms with van der Waals surface area (Å²) >= 11 is 0. The Bertz CT molecular complexity index is 486. The van der Waals surface area contributed by atoms with E-state index in [0.29, 0.717) is 5.56 Å². The molecule has 1 aromatic rings. The van der Waals surface area contributed by atoms with Crippen molar-refractivity contribution in [3.63, 3.8) is 0 Å². The largest absolute Gasteiger partial charge is 0.480 e. The van der Waals surface area contributed by atoms with E-state index in [1.54, 1.807) is 6.92 Å². The summed E-state index contributed by atoms with van der Waals surface area (Å²) in [4.78, 5) is 13.5. The van der Waals surface area contributed by atoms with Crippen LogP contribution in [0.2, 0.25) is 0 Å². The van der Waals surface area contributed by atoms with E-state index in [-0.39, 0.29) is 6.42 Å². The minimum Gasteiger partial charge on any atom is -0.480 e. The van der Waals surface area contributed by atoms with Crippen LogP contribution in [-0.2, 0) is 11.2 Å². The van der Waals surface area contributed by atoms with Gasteiger partial charge in [0.05, 0.1) is 0 Å².